The number of hydrogen-bond donors (Lipinski definition) is 1. The first-order chi connectivity index (χ1) is 11.8. The van der Waals surface area contributed by atoms with Crippen LogP contribution in [-0.4, -0.2) is 34.3 Å². The summed E-state index contributed by atoms with van der Waals surface area (Å²) in [4.78, 5) is 38.4. The minimum atomic E-state index is -0.642. The summed E-state index contributed by atoms with van der Waals surface area (Å²) in [6, 6.07) is 8.99. The number of H-pyrrole nitrogens is 1. The van der Waals surface area contributed by atoms with E-state index in [4.69, 9.17) is 0 Å². The van der Waals surface area contributed by atoms with Crippen LogP contribution in [0.25, 0.3) is 0 Å². The number of hydrogen-bond acceptors (Lipinski definition) is 4. The zero-order valence-electron chi connectivity index (χ0n) is 13.5. The molecule has 1 heterocycles. The molecule has 130 valence electrons. The molecule has 2 aromatic rings. The molecule has 1 amide bonds. The quantitative estimate of drug-likeness (QED) is 0.610. The average Bonchev–Trinajstić information content (AvgIpc) is 3.35. The molecule has 0 aliphatic heterocycles. The standard InChI is InChI=1S/C17H16BrN3O4/c1-20(10-17(6-7-17)11-2-4-12(18)5-3-11)16(23)14-8-13(21(24)25)9-19-15(14)22/h2-5,8-9H,6-7,10H2,1H3,(H,19,22). The zero-order chi connectivity index (χ0) is 18.2. The second kappa shape index (κ2) is 6.44. The monoisotopic (exact) mass is 405 g/mol. The highest BCUT2D eigenvalue weighted by molar-refractivity contribution is 9.10. The smallest absolute Gasteiger partial charge is 0.286 e. The molecule has 1 aliphatic rings. The van der Waals surface area contributed by atoms with E-state index < -0.39 is 16.4 Å². The number of rotatable bonds is 5. The van der Waals surface area contributed by atoms with Crippen LogP contribution < -0.4 is 5.56 Å². The third-order valence-electron chi connectivity index (χ3n) is 4.53. The van der Waals surface area contributed by atoms with E-state index in [1.807, 2.05) is 24.3 Å². The van der Waals surface area contributed by atoms with Crippen molar-refractivity contribution < 1.29 is 9.72 Å². The molecule has 1 aromatic heterocycles. The van der Waals surface area contributed by atoms with Gasteiger partial charge in [0.2, 0.25) is 0 Å². The van der Waals surface area contributed by atoms with Crippen molar-refractivity contribution in [2.45, 2.75) is 18.3 Å². The van der Waals surface area contributed by atoms with E-state index in [0.717, 1.165) is 35.1 Å². The molecule has 0 radical (unpaired) electrons. The number of pyridine rings is 1. The highest BCUT2D eigenvalue weighted by Gasteiger charge is 2.45. The topological polar surface area (TPSA) is 96.3 Å². The Kier molecular flexibility index (Phi) is 4.47. The predicted molar refractivity (Wildman–Crippen MR) is 95.7 cm³/mol. The van der Waals surface area contributed by atoms with Gasteiger partial charge in [0.25, 0.3) is 17.2 Å². The van der Waals surface area contributed by atoms with Gasteiger partial charge < -0.3 is 9.88 Å². The van der Waals surface area contributed by atoms with E-state index in [1.165, 1.54) is 4.90 Å². The number of carbonyl (C=O) groups excluding carboxylic acids is 1. The van der Waals surface area contributed by atoms with Crippen LogP contribution in [0, 0.1) is 10.1 Å². The van der Waals surface area contributed by atoms with Gasteiger partial charge in [0.1, 0.15) is 5.56 Å². The van der Waals surface area contributed by atoms with Crippen LogP contribution in [0.3, 0.4) is 0 Å². The SMILES string of the molecule is CN(CC1(c2ccc(Br)cc2)CC1)C(=O)c1cc([N+](=O)[O-])c[nH]c1=O. The number of benzene rings is 1. The van der Waals surface area contributed by atoms with Crippen molar-refractivity contribution in [1.82, 2.24) is 9.88 Å². The van der Waals surface area contributed by atoms with Gasteiger partial charge >= 0.3 is 0 Å². The molecule has 1 saturated carbocycles. The zero-order valence-corrected chi connectivity index (χ0v) is 15.1. The highest BCUT2D eigenvalue weighted by atomic mass is 79.9. The van der Waals surface area contributed by atoms with Crippen molar-refractivity contribution >= 4 is 27.5 Å². The Morgan fingerprint density at radius 3 is 2.56 bits per heavy atom. The number of halogens is 1. The van der Waals surface area contributed by atoms with Gasteiger partial charge in [0.15, 0.2) is 0 Å². The minimum Gasteiger partial charge on any atom is -0.341 e. The van der Waals surface area contributed by atoms with Crippen molar-refractivity contribution in [2.24, 2.45) is 0 Å². The van der Waals surface area contributed by atoms with Crippen LogP contribution in [0.2, 0.25) is 0 Å². The molecule has 0 unspecified atom stereocenters. The summed E-state index contributed by atoms with van der Waals surface area (Å²) in [5.74, 6) is -0.520. The molecule has 0 spiro atoms. The van der Waals surface area contributed by atoms with E-state index in [1.54, 1.807) is 7.05 Å². The molecule has 1 aromatic carbocycles. The first-order valence-electron chi connectivity index (χ1n) is 7.71. The maximum atomic E-state index is 12.6. The number of carbonyl (C=O) groups is 1. The molecule has 8 heteroatoms. The first kappa shape index (κ1) is 17.3. The largest absolute Gasteiger partial charge is 0.341 e. The van der Waals surface area contributed by atoms with Gasteiger partial charge in [0, 0.05) is 29.5 Å². The normalized spacial score (nSPS) is 14.8. The van der Waals surface area contributed by atoms with Crippen molar-refractivity contribution in [3.63, 3.8) is 0 Å². The average molecular weight is 406 g/mol. The van der Waals surface area contributed by atoms with Crippen LogP contribution in [0.1, 0.15) is 28.8 Å². The predicted octanol–water partition coefficient (Wildman–Crippen LogP) is 2.85. The second-order valence-electron chi connectivity index (χ2n) is 6.31. The van der Waals surface area contributed by atoms with E-state index in [9.17, 15) is 19.7 Å². The summed E-state index contributed by atoms with van der Waals surface area (Å²) < 4.78 is 0.986. The van der Waals surface area contributed by atoms with Gasteiger partial charge in [-0.25, -0.2) is 0 Å². The third-order valence-corrected chi connectivity index (χ3v) is 5.05. The van der Waals surface area contributed by atoms with Gasteiger partial charge in [-0.15, -0.1) is 0 Å². The Morgan fingerprint density at radius 2 is 2.00 bits per heavy atom. The minimum absolute atomic E-state index is 0.113. The fraction of sp³-hybridized carbons (Fsp3) is 0.294. The molecule has 0 atom stereocenters. The van der Waals surface area contributed by atoms with Crippen LogP contribution in [0.4, 0.5) is 5.69 Å². The number of aromatic nitrogens is 1. The van der Waals surface area contributed by atoms with Crippen LogP contribution in [0.5, 0.6) is 0 Å². The molecular weight excluding hydrogens is 390 g/mol. The summed E-state index contributed by atoms with van der Waals surface area (Å²) in [5, 5.41) is 10.9. The lowest BCUT2D eigenvalue weighted by molar-refractivity contribution is -0.385. The lowest BCUT2D eigenvalue weighted by Crippen LogP contribution is -2.37. The number of nitro groups is 1. The number of nitrogens with one attached hydrogen (secondary N) is 1. The van der Waals surface area contributed by atoms with Crippen LogP contribution in [-0.2, 0) is 5.41 Å². The third kappa shape index (κ3) is 3.48. The molecule has 1 fully saturated rings. The summed E-state index contributed by atoms with van der Waals surface area (Å²) in [7, 11) is 1.61. The number of likely N-dealkylation sites (N-methyl/N-ethyl adjacent to an activating group) is 1. The maximum absolute atomic E-state index is 12.6. The molecule has 1 aliphatic carbocycles. The van der Waals surface area contributed by atoms with Gasteiger partial charge in [-0.1, -0.05) is 28.1 Å². The van der Waals surface area contributed by atoms with Crippen molar-refractivity contribution in [1.29, 1.82) is 0 Å². The Hall–Kier alpha value is -2.48. The fourth-order valence-corrected chi connectivity index (χ4v) is 3.22. The Balaban J connectivity index is 1.82. The summed E-state index contributed by atoms with van der Waals surface area (Å²) in [5.41, 5.74) is -0.133. The molecule has 7 nitrogen and oxygen atoms in total. The Bertz CT molecular complexity index is 888. The maximum Gasteiger partial charge on any atom is 0.286 e. The fourth-order valence-electron chi connectivity index (χ4n) is 2.96. The van der Waals surface area contributed by atoms with Crippen molar-refractivity contribution in [2.75, 3.05) is 13.6 Å². The lowest BCUT2D eigenvalue weighted by atomic mass is 9.95. The number of aromatic amines is 1. The van der Waals surface area contributed by atoms with E-state index >= 15 is 0 Å². The van der Waals surface area contributed by atoms with Gasteiger partial charge in [-0.3, -0.25) is 19.7 Å². The highest BCUT2D eigenvalue weighted by Crippen LogP contribution is 2.48. The van der Waals surface area contributed by atoms with Crippen LogP contribution >= 0.6 is 15.9 Å². The molecule has 0 saturated heterocycles. The first-order valence-corrected chi connectivity index (χ1v) is 8.50. The number of nitrogens with zero attached hydrogens (tertiary/aromatic N) is 2. The molecule has 0 bridgehead atoms. The van der Waals surface area contributed by atoms with Gasteiger partial charge in [0.05, 0.1) is 11.1 Å². The van der Waals surface area contributed by atoms with Gasteiger partial charge in [-0.2, -0.15) is 0 Å². The van der Waals surface area contributed by atoms with Crippen molar-refractivity contribution in [3.05, 3.63) is 72.6 Å². The Labute approximate surface area is 151 Å². The molecule has 1 N–H and O–H groups in total. The summed E-state index contributed by atoms with van der Waals surface area (Å²) in [6.07, 6.45) is 2.90. The van der Waals surface area contributed by atoms with E-state index in [0.29, 0.717) is 6.54 Å². The van der Waals surface area contributed by atoms with Crippen LogP contribution in [0.15, 0.2) is 45.8 Å². The molecular formula is C17H16BrN3O4. The van der Waals surface area contributed by atoms with E-state index in [2.05, 4.69) is 20.9 Å². The summed E-state index contributed by atoms with van der Waals surface area (Å²) in [6.45, 7) is 0.454. The van der Waals surface area contributed by atoms with E-state index in [-0.39, 0.29) is 16.7 Å². The Morgan fingerprint density at radius 1 is 1.36 bits per heavy atom. The summed E-state index contributed by atoms with van der Waals surface area (Å²) >= 11 is 3.41. The van der Waals surface area contributed by atoms with Gasteiger partial charge in [-0.05, 0) is 30.5 Å². The number of amides is 1. The lowest BCUT2D eigenvalue weighted by Gasteiger charge is -2.24. The molecule has 3 rings (SSSR count). The molecule has 25 heavy (non-hydrogen) atoms. The van der Waals surface area contributed by atoms with Crippen molar-refractivity contribution in [3.8, 4) is 0 Å². The second-order valence-corrected chi connectivity index (χ2v) is 7.22.